The Morgan fingerprint density at radius 3 is 2.60 bits per heavy atom. The molecule has 0 aliphatic carbocycles. The summed E-state index contributed by atoms with van der Waals surface area (Å²) in [5.74, 6) is 2.05. The summed E-state index contributed by atoms with van der Waals surface area (Å²) < 4.78 is 11.3. The van der Waals surface area contributed by atoms with Crippen LogP contribution >= 0.6 is 0 Å². The van der Waals surface area contributed by atoms with Gasteiger partial charge < -0.3 is 9.47 Å². The van der Waals surface area contributed by atoms with Crippen LogP contribution in [0.2, 0.25) is 0 Å². The molecule has 25 heavy (non-hydrogen) atoms. The van der Waals surface area contributed by atoms with Crippen LogP contribution in [0.5, 0.6) is 11.5 Å². The molecule has 0 fully saturated rings. The van der Waals surface area contributed by atoms with Crippen molar-refractivity contribution in [2.75, 3.05) is 12.5 Å². The second kappa shape index (κ2) is 8.49. The number of hydrazone groups is 1. The molecule has 0 amide bonds. The van der Waals surface area contributed by atoms with Crippen LogP contribution in [0.3, 0.4) is 0 Å². The lowest BCUT2D eigenvalue weighted by Gasteiger charge is -2.11. The predicted molar refractivity (Wildman–Crippen MR) is 99.2 cm³/mol. The lowest BCUT2D eigenvalue weighted by Crippen LogP contribution is -1.99. The molecule has 3 rings (SSSR count). The molecule has 1 N–H and O–H groups in total. The molecule has 2 aromatic carbocycles. The quantitative estimate of drug-likeness (QED) is 0.522. The van der Waals surface area contributed by atoms with E-state index in [1.54, 1.807) is 19.5 Å². The first-order valence-electron chi connectivity index (χ1n) is 7.90. The van der Waals surface area contributed by atoms with Gasteiger partial charge in [-0.05, 0) is 41.5 Å². The van der Waals surface area contributed by atoms with Crippen molar-refractivity contribution in [1.82, 2.24) is 4.98 Å². The van der Waals surface area contributed by atoms with E-state index in [4.69, 9.17) is 9.47 Å². The smallest absolute Gasteiger partial charge is 0.162 e. The van der Waals surface area contributed by atoms with Crippen molar-refractivity contribution >= 4 is 12.0 Å². The summed E-state index contributed by atoms with van der Waals surface area (Å²) in [7, 11) is 1.63. The molecule has 1 aromatic heterocycles. The highest BCUT2D eigenvalue weighted by Gasteiger charge is 2.05. The number of nitrogens with one attached hydrogen (secondary N) is 1. The van der Waals surface area contributed by atoms with Crippen molar-refractivity contribution in [2.24, 2.45) is 5.10 Å². The molecule has 0 aliphatic rings. The van der Waals surface area contributed by atoms with Gasteiger partial charge in [0.05, 0.1) is 13.3 Å². The van der Waals surface area contributed by atoms with Crippen molar-refractivity contribution in [3.8, 4) is 11.5 Å². The molecular formula is C20H19N3O2. The summed E-state index contributed by atoms with van der Waals surface area (Å²) in [6.45, 7) is 0.476. The fourth-order valence-corrected chi connectivity index (χ4v) is 2.22. The number of benzene rings is 2. The van der Waals surface area contributed by atoms with Gasteiger partial charge in [-0.15, -0.1) is 0 Å². The first-order chi connectivity index (χ1) is 12.3. The van der Waals surface area contributed by atoms with Crippen molar-refractivity contribution in [2.45, 2.75) is 6.61 Å². The van der Waals surface area contributed by atoms with Gasteiger partial charge in [0, 0.05) is 6.20 Å². The highest BCUT2D eigenvalue weighted by atomic mass is 16.5. The molecule has 0 radical (unpaired) electrons. The highest BCUT2D eigenvalue weighted by molar-refractivity contribution is 5.81. The van der Waals surface area contributed by atoms with E-state index in [1.807, 2.05) is 66.7 Å². The lowest BCUT2D eigenvalue weighted by molar-refractivity contribution is 0.284. The minimum Gasteiger partial charge on any atom is -0.493 e. The largest absolute Gasteiger partial charge is 0.493 e. The second-order valence-corrected chi connectivity index (χ2v) is 5.27. The minimum atomic E-state index is 0.476. The van der Waals surface area contributed by atoms with Crippen LogP contribution in [-0.2, 0) is 6.61 Å². The number of nitrogens with zero attached hydrogens (tertiary/aromatic N) is 2. The Morgan fingerprint density at radius 1 is 1.00 bits per heavy atom. The summed E-state index contributed by atoms with van der Waals surface area (Å²) in [6, 6.07) is 21.3. The first-order valence-corrected chi connectivity index (χ1v) is 7.90. The SMILES string of the molecule is COc1ccc(/C=N\Nc2ccccn2)cc1OCc1ccccc1. The van der Waals surface area contributed by atoms with Gasteiger partial charge in [-0.2, -0.15) is 5.10 Å². The van der Waals surface area contributed by atoms with Gasteiger partial charge in [0.2, 0.25) is 0 Å². The molecule has 0 bridgehead atoms. The van der Waals surface area contributed by atoms with E-state index in [2.05, 4.69) is 15.5 Å². The summed E-state index contributed by atoms with van der Waals surface area (Å²) in [6.07, 6.45) is 3.42. The van der Waals surface area contributed by atoms with E-state index in [1.165, 1.54) is 0 Å². The van der Waals surface area contributed by atoms with Crippen LogP contribution in [0.1, 0.15) is 11.1 Å². The molecule has 0 saturated carbocycles. The van der Waals surface area contributed by atoms with E-state index in [0.29, 0.717) is 23.9 Å². The number of pyridine rings is 1. The lowest BCUT2D eigenvalue weighted by atomic mass is 10.2. The monoisotopic (exact) mass is 333 g/mol. The second-order valence-electron chi connectivity index (χ2n) is 5.27. The fourth-order valence-electron chi connectivity index (χ4n) is 2.22. The molecule has 0 spiro atoms. The number of hydrogen-bond donors (Lipinski definition) is 1. The molecule has 1 heterocycles. The van der Waals surface area contributed by atoms with Gasteiger partial charge in [-0.3, -0.25) is 5.43 Å². The van der Waals surface area contributed by atoms with E-state index < -0.39 is 0 Å². The fraction of sp³-hybridized carbons (Fsp3) is 0.100. The van der Waals surface area contributed by atoms with Crippen molar-refractivity contribution in [1.29, 1.82) is 0 Å². The zero-order chi connectivity index (χ0) is 17.3. The molecule has 0 saturated heterocycles. The van der Waals surface area contributed by atoms with Crippen LogP contribution in [0.25, 0.3) is 0 Å². The Bertz CT molecular complexity index is 821. The van der Waals surface area contributed by atoms with Crippen LogP contribution in [0.15, 0.2) is 78.0 Å². The summed E-state index contributed by atoms with van der Waals surface area (Å²) >= 11 is 0. The molecule has 5 nitrogen and oxygen atoms in total. The van der Waals surface area contributed by atoms with E-state index in [9.17, 15) is 0 Å². The number of rotatable bonds is 7. The Kier molecular flexibility index (Phi) is 5.61. The van der Waals surface area contributed by atoms with Crippen LogP contribution in [-0.4, -0.2) is 18.3 Å². The third kappa shape index (κ3) is 4.81. The van der Waals surface area contributed by atoms with Crippen molar-refractivity contribution in [3.63, 3.8) is 0 Å². The molecular weight excluding hydrogens is 314 g/mol. The average molecular weight is 333 g/mol. The molecule has 0 aliphatic heterocycles. The topological polar surface area (TPSA) is 55.7 Å². The van der Waals surface area contributed by atoms with E-state index in [0.717, 1.165) is 11.1 Å². The summed E-state index contributed by atoms with van der Waals surface area (Å²) in [4.78, 5) is 4.15. The van der Waals surface area contributed by atoms with Gasteiger partial charge in [-0.1, -0.05) is 36.4 Å². The van der Waals surface area contributed by atoms with Crippen LogP contribution in [0, 0.1) is 0 Å². The van der Waals surface area contributed by atoms with E-state index >= 15 is 0 Å². The normalized spacial score (nSPS) is 10.6. The standard InChI is InChI=1S/C20H19N3O2/c1-24-18-11-10-17(14-22-23-20-9-5-6-12-21-20)13-19(18)25-15-16-7-3-2-4-8-16/h2-14H,15H2,1H3,(H,21,23)/b22-14-. The third-order valence-corrected chi connectivity index (χ3v) is 3.48. The third-order valence-electron chi connectivity index (χ3n) is 3.48. The van der Waals surface area contributed by atoms with Gasteiger partial charge in [-0.25, -0.2) is 4.98 Å². The number of anilines is 1. The Hall–Kier alpha value is -3.34. The summed E-state index contributed by atoms with van der Waals surface area (Å²) in [5.41, 5.74) is 4.88. The average Bonchev–Trinajstić information content (AvgIpc) is 2.68. The van der Waals surface area contributed by atoms with Gasteiger partial charge in [0.15, 0.2) is 11.5 Å². The number of methoxy groups -OCH3 is 1. The highest BCUT2D eigenvalue weighted by Crippen LogP contribution is 2.28. The van der Waals surface area contributed by atoms with Crippen molar-refractivity contribution < 1.29 is 9.47 Å². The summed E-state index contributed by atoms with van der Waals surface area (Å²) in [5, 5.41) is 4.19. The Morgan fingerprint density at radius 2 is 1.84 bits per heavy atom. The van der Waals surface area contributed by atoms with Crippen molar-refractivity contribution in [3.05, 3.63) is 84.1 Å². The first kappa shape index (κ1) is 16.5. The molecule has 0 atom stereocenters. The molecule has 0 unspecified atom stereocenters. The molecule has 5 heteroatoms. The molecule has 3 aromatic rings. The van der Waals surface area contributed by atoms with Gasteiger partial charge in [0.1, 0.15) is 12.4 Å². The molecule has 126 valence electrons. The number of hydrogen-bond acceptors (Lipinski definition) is 5. The van der Waals surface area contributed by atoms with E-state index in [-0.39, 0.29) is 0 Å². The zero-order valence-corrected chi connectivity index (χ0v) is 13.9. The minimum absolute atomic E-state index is 0.476. The predicted octanol–water partition coefficient (Wildman–Crippen LogP) is 4.12. The maximum absolute atomic E-state index is 5.90. The maximum Gasteiger partial charge on any atom is 0.162 e. The van der Waals surface area contributed by atoms with Crippen LogP contribution in [0.4, 0.5) is 5.82 Å². The number of aromatic nitrogens is 1. The van der Waals surface area contributed by atoms with Gasteiger partial charge in [0.25, 0.3) is 0 Å². The Labute approximate surface area is 147 Å². The Balaban J connectivity index is 1.68. The van der Waals surface area contributed by atoms with Gasteiger partial charge >= 0.3 is 0 Å². The number of ether oxygens (including phenoxy) is 2. The maximum atomic E-state index is 5.90. The van der Waals surface area contributed by atoms with Crippen LogP contribution < -0.4 is 14.9 Å². The zero-order valence-electron chi connectivity index (χ0n) is 13.9.